The van der Waals surface area contributed by atoms with Crippen LogP contribution in [0.5, 0.6) is 0 Å². The maximum absolute atomic E-state index is 13.3. The second-order valence-corrected chi connectivity index (χ2v) is 10.1. The molecule has 1 aromatic carbocycles. The van der Waals surface area contributed by atoms with Gasteiger partial charge in [0.1, 0.15) is 0 Å². The molecule has 2 aromatic rings. The molecule has 1 fully saturated rings. The minimum Gasteiger partial charge on any atom is -0.455 e. The summed E-state index contributed by atoms with van der Waals surface area (Å²) in [6.07, 6.45) is 0.674. The molecule has 9 nitrogen and oxygen atoms in total. The summed E-state index contributed by atoms with van der Waals surface area (Å²) in [7, 11) is -3.68. The van der Waals surface area contributed by atoms with Gasteiger partial charge in [0.15, 0.2) is 6.61 Å². The first-order valence-electron chi connectivity index (χ1n) is 10.5. The van der Waals surface area contributed by atoms with Gasteiger partial charge in [0.2, 0.25) is 15.9 Å². The van der Waals surface area contributed by atoms with Gasteiger partial charge in [-0.15, -0.1) is 0 Å². The van der Waals surface area contributed by atoms with Crippen molar-refractivity contribution in [1.82, 2.24) is 9.46 Å². The number of hydrogen-bond donors (Lipinski definition) is 1. The number of benzene rings is 1. The van der Waals surface area contributed by atoms with Crippen LogP contribution in [0.15, 0.2) is 21.6 Å². The number of anilines is 1. The van der Waals surface area contributed by atoms with Gasteiger partial charge >= 0.3 is 5.97 Å². The number of aromatic nitrogens is 1. The average Bonchev–Trinajstić information content (AvgIpc) is 3.15. The van der Waals surface area contributed by atoms with Gasteiger partial charge in [0.05, 0.1) is 16.5 Å². The highest BCUT2D eigenvalue weighted by Crippen LogP contribution is 2.31. The molecule has 0 bridgehead atoms. The van der Waals surface area contributed by atoms with Crippen LogP contribution < -0.4 is 5.32 Å². The Labute approximate surface area is 188 Å². The fourth-order valence-electron chi connectivity index (χ4n) is 3.88. The van der Waals surface area contributed by atoms with Gasteiger partial charge in [-0.3, -0.25) is 14.9 Å². The first-order valence-corrected chi connectivity index (χ1v) is 11.9. The number of hydrogen-bond acceptors (Lipinski definition) is 7. The van der Waals surface area contributed by atoms with Crippen molar-refractivity contribution in [2.24, 2.45) is 5.92 Å². The minimum atomic E-state index is -3.68. The third kappa shape index (κ3) is 5.02. The number of aryl methyl sites for hydroxylation is 3. The molecule has 0 radical (unpaired) electrons. The highest BCUT2D eigenvalue weighted by Gasteiger charge is 2.35. The van der Waals surface area contributed by atoms with Gasteiger partial charge in [-0.2, -0.15) is 4.31 Å². The lowest BCUT2D eigenvalue weighted by molar-refractivity contribution is -0.152. The molecule has 0 atom stereocenters. The molecule has 1 amide bonds. The van der Waals surface area contributed by atoms with Gasteiger partial charge in [-0.1, -0.05) is 11.2 Å². The van der Waals surface area contributed by atoms with E-state index >= 15 is 0 Å². The molecule has 2 heterocycles. The van der Waals surface area contributed by atoms with Crippen molar-refractivity contribution in [2.75, 3.05) is 25.0 Å². The summed E-state index contributed by atoms with van der Waals surface area (Å²) >= 11 is 0. The van der Waals surface area contributed by atoms with Crippen molar-refractivity contribution in [3.8, 4) is 0 Å². The summed E-state index contributed by atoms with van der Waals surface area (Å²) in [5, 5.41) is 6.11. The number of sulfonamides is 1. The largest absolute Gasteiger partial charge is 0.455 e. The van der Waals surface area contributed by atoms with E-state index in [1.165, 1.54) is 4.31 Å². The number of carbonyl (C=O) groups excluding carboxylic acids is 2. The third-order valence-electron chi connectivity index (χ3n) is 5.92. The zero-order valence-electron chi connectivity index (χ0n) is 19.0. The highest BCUT2D eigenvalue weighted by atomic mass is 32.2. The van der Waals surface area contributed by atoms with Crippen LogP contribution in [0.2, 0.25) is 0 Å². The van der Waals surface area contributed by atoms with Crippen molar-refractivity contribution in [3.63, 3.8) is 0 Å². The van der Waals surface area contributed by atoms with Crippen molar-refractivity contribution in [1.29, 1.82) is 0 Å². The molecule has 1 aliphatic heterocycles. The van der Waals surface area contributed by atoms with Crippen LogP contribution in [0, 0.1) is 40.5 Å². The Morgan fingerprint density at radius 1 is 1.09 bits per heavy atom. The van der Waals surface area contributed by atoms with Crippen molar-refractivity contribution >= 4 is 27.8 Å². The number of nitrogens with zero attached hydrogens (tertiary/aromatic N) is 2. The van der Waals surface area contributed by atoms with Crippen LogP contribution in [0.25, 0.3) is 0 Å². The van der Waals surface area contributed by atoms with E-state index in [-0.39, 0.29) is 19.0 Å². The minimum absolute atomic E-state index is 0.180. The van der Waals surface area contributed by atoms with Crippen molar-refractivity contribution in [2.45, 2.75) is 52.4 Å². The standard InChI is InChI=1S/C22H29N3O6S/c1-13-10-14(2)17(5)21(16(13)4)32(28,29)25-8-6-18(7-9-25)22(27)30-12-19(26)23-20-11-15(3)24-31-20/h10-11,18H,6-9,12H2,1-5H3,(H,23,26). The number of carbonyl (C=O) groups is 2. The van der Waals surface area contributed by atoms with E-state index in [1.807, 2.05) is 33.8 Å². The normalized spacial score (nSPS) is 15.5. The first kappa shape index (κ1) is 23.9. The molecule has 0 unspecified atom stereocenters. The van der Waals surface area contributed by atoms with E-state index in [0.717, 1.165) is 22.3 Å². The molecule has 32 heavy (non-hydrogen) atoms. The summed E-state index contributed by atoms with van der Waals surface area (Å²) < 4.78 is 38.1. The topological polar surface area (TPSA) is 119 Å². The number of nitrogens with one attached hydrogen (secondary N) is 1. The number of ether oxygens (including phenoxy) is 1. The SMILES string of the molecule is Cc1cc(NC(=O)COC(=O)C2CCN(S(=O)(=O)c3c(C)c(C)cc(C)c3C)CC2)on1. The first-order chi connectivity index (χ1) is 15.0. The Kier molecular flexibility index (Phi) is 7.04. The van der Waals surface area contributed by atoms with Crippen LogP contribution in [0.4, 0.5) is 5.88 Å². The molecule has 1 aliphatic rings. The molecular weight excluding hydrogens is 434 g/mol. The van der Waals surface area contributed by atoms with Crippen LogP contribution >= 0.6 is 0 Å². The van der Waals surface area contributed by atoms with Crippen LogP contribution in [0.3, 0.4) is 0 Å². The van der Waals surface area contributed by atoms with Crippen LogP contribution in [0.1, 0.15) is 40.8 Å². The predicted octanol–water partition coefficient (Wildman–Crippen LogP) is 2.80. The average molecular weight is 464 g/mol. The molecule has 0 saturated carbocycles. The third-order valence-corrected chi connectivity index (χ3v) is 8.09. The number of esters is 1. The molecule has 0 spiro atoms. The Morgan fingerprint density at radius 2 is 1.69 bits per heavy atom. The molecule has 1 saturated heterocycles. The van der Waals surface area contributed by atoms with Crippen LogP contribution in [-0.2, 0) is 24.3 Å². The highest BCUT2D eigenvalue weighted by molar-refractivity contribution is 7.89. The van der Waals surface area contributed by atoms with Gasteiger partial charge in [0, 0.05) is 19.2 Å². The maximum Gasteiger partial charge on any atom is 0.309 e. The monoisotopic (exact) mass is 463 g/mol. The summed E-state index contributed by atoms with van der Waals surface area (Å²) in [6.45, 7) is 9.17. The summed E-state index contributed by atoms with van der Waals surface area (Å²) in [5.41, 5.74) is 3.99. The maximum atomic E-state index is 13.3. The number of piperidine rings is 1. The Hall–Kier alpha value is -2.72. The van der Waals surface area contributed by atoms with E-state index < -0.39 is 34.4 Å². The number of amides is 1. The Balaban J connectivity index is 1.57. The lowest BCUT2D eigenvalue weighted by atomic mass is 9.98. The Bertz CT molecular complexity index is 1100. The van der Waals surface area contributed by atoms with Gasteiger partial charge < -0.3 is 9.26 Å². The van der Waals surface area contributed by atoms with Gasteiger partial charge in [-0.05, 0) is 69.7 Å². The van der Waals surface area contributed by atoms with E-state index in [1.54, 1.807) is 13.0 Å². The molecule has 10 heteroatoms. The molecule has 3 rings (SSSR count). The van der Waals surface area contributed by atoms with Crippen LogP contribution in [-0.4, -0.2) is 49.5 Å². The fraction of sp³-hybridized carbons (Fsp3) is 0.500. The van der Waals surface area contributed by atoms with Crippen molar-refractivity contribution < 1.29 is 27.3 Å². The second-order valence-electron chi connectivity index (χ2n) is 8.26. The summed E-state index contributed by atoms with van der Waals surface area (Å²) in [4.78, 5) is 24.6. The quantitative estimate of drug-likeness (QED) is 0.654. The fourth-order valence-corrected chi connectivity index (χ4v) is 5.92. The lowest BCUT2D eigenvalue weighted by Crippen LogP contribution is -2.41. The van der Waals surface area contributed by atoms with E-state index in [4.69, 9.17) is 9.26 Å². The van der Waals surface area contributed by atoms with E-state index in [9.17, 15) is 18.0 Å². The summed E-state index contributed by atoms with van der Waals surface area (Å²) in [6, 6.07) is 3.54. The molecular formula is C22H29N3O6S. The number of rotatable bonds is 6. The van der Waals surface area contributed by atoms with Crippen molar-refractivity contribution in [3.05, 3.63) is 40.1 Å². The van der Waals surface area contributed by atoms with Gasteiger partial charge in [-0.25, -0.2) is 8.42 Å². The Morgan fingerprint density at radius 3 is 2.22 bits per heavy atom. The predicted molar refractivity (Wildman–Crippen MR) is 118 cm³/mol. The smallest absolute Gasteiger partial charge is 0.309 e. The molecule has 1 N–H and O–H groups in total. The van der Waals surface area contributed by atoms with E-state index in [2.05, 4.69) is 10.5 Å². The molecule has 0 aliphatic carbocycles. The summed E-state index contributed by atoms with van der Waals surface area (Å²) in [5.74, 6) is -1.32. The zero-order valence-corrected chi connectivity index (χ0v) is 19.8. The van der Waals surface area contributed by atoms with Gasteiger partial charge in [0.25, 0.3) is 5.91 Å². The lowest BCUT2D eigenvalue weighted by Gasteiger charge is -2.31. The molecule has 1 aromatic heterocycles. The molecule has 174 valence electrons. The van der Waals surface area contributed by atoms with E-state index in [0.29, 0.717) is 23.4 Å². The zero-order chi connectivity index (χ0) is 23.6. The second kappa shape index (κ2) is 9.41.